The molecule has 0 aliphatic rings. The predicted octanol–water partition coefficient (Wildman–Crippen LogP) is 1.05. The molecule has 0 saturated heterocycles. The Morgan fingerprint density at radius 2 is 2.33 bits per heavy atom. The Balaban J connectivity index is 2.66. The van der Waals surface area contributed by atoms with E-state index >= 15 is 0 Å². The Labute approximate surface area is 69.8 Å². The summed E-state index contributed by atoms with van der Waals surface area (Å²) in [5.41, 5.74) is 0.812. The van der Waals surface area contributed by atoms with Gasteiger partial charge in [-0.05, 0) is 13.0 Å². The van der Waals surface area contributed by atoms with E-state index in [1.807, 2.05) is 25.3 Å². The van der Waals surface area contributed by atoms with Crippen molar-refractivity contribution in [1.82, 2.24) is 14.6 Å². The first-order valence-corrected chi connectivity index (χ1v) is 3.66. The summed E-state index contributed by atoms with van der Waals surface area (Å²) in [6.45, 7) is 1.86. The number of methoxy groups -OCH3 is 1. The van der Waals surface area contributed by atoms with Crippen molar-refractivity contribution in [3.63, 3.8) is 0 Å². The summed E-state index contributed by atoms with van der Waals surface area (Å²) >= 11 is 0. The molecule has 4 nitrogen and oxygen atoms in total. The highest BCUT2D eigenvalue weighted by Crippen LogP contribution is 2.11. The van der Waals surface area contributed by atoms with Crippen LogP contribution in [0.1, 0.15) is 5.82 Å². The molecule has 0 aromatic carbocycles. The van der Waals surface area contributed by atoms with Crippen LogP contribution < -0.4 is 4.74 Å². The molecule has 4 heteroatoms. The fraction of sp³-hybridized carbons (Fsp3) is 0.250. The molecular formula is C8H9N3O. The molecular weight excluding hydrogens is 154 g/mol. The summed E-state index contributed by atoms with van der Waals surface area (Å²) in [6.07, 6.45) is 1.83. The second-order valence-electron chi connectivity index (χ2n) is 2.53. The second kappa shape index (κ2) is 2.48. The molecule has 0 atom stereocenters. The van der Waals surface area contributed by atoms with E-state index in [-0.39, 0.29) is 0 Å². The standard InChI is InChI=1S/C8H9N3O/c1-6-9-8-5-7(12-2)3-4-11(8)10-6/h3-5H,1-2H3. The van der Waals surface area contributed by atoms with Crippen molar-refractivity contribution < 1.29 is 4.74 Å². The summed E-state index contributed by atoms with van der Waals surface area (Å²) in [4.78, 5) is 4.19. The van der Waals surface area contributed by atoms with Crippen LogP contribution in [0.2, 0.25) is 0 Å². The molecule has 0 bridgehead atoms. The molecule has 0 aliphatic carbocycles. The monoisotopic (exact) mass is 163 g/mol. The molecule has 2 aromatic rings. The van der Waals surface area contributed by atoms with Crippen LogP contribution in [-0.4, -0.2) is 21.7 Å². The number of pyridine rings is 1. The number of aromatic nitrogens is 3. The average Bonchev–Trinajstić information content (AvgIpc) is 2.43. The van der Waals surface area contributed by atoms with Crippen molar-refractivity contribution >= 4 is 5.65 Å². The van der Waals surface area contributed by atoms with Gasteiger partial charge in [0.15, 0.2) is 5.65 Å². The number of hydrogen-bond donors (Lipinski definition) is 0. The van der Waals surface area contributed by atoms with Gasteiger partial charge in [-0.2, -0.15) is 5.10 Å². The molecule has 0 amide bonds. The number of ether oxygens (including phenoxy) is 1. The fourth-order valence-corrected chi connectivity index (χ4v) is 1.10. The summed E-state index contributed by atoms with van der Waals surface area (Å²) in [5, 5.41) is 4.14. The largest absolute Gasteiger partial charge is 0.497 e. The molecule has 0 radical (unpaired) electrons. The van der Waals surface area contributed by atoms with E-state index in [0.717, 1.165) is 17.2 Å². The first-order chi connectivity index (χ1) is 5.79. The van der Waals surface area contributed by atoms with Gasteiger partial charge in [-0.1, -0.05) is 0 Å². The minimum absolute atomic E-state index is 0.767. The van der Waals surface area contributed by atoms with E-state index in [2.05, 4.69) is 10.1 Å². The van der Waals surface area contributed by atoms with E-state index in [1.54, 1.807) is 11.6 Å². The fourth-order valence-electron chi connectivity index (χ4n) is 1.10. The van der Waals surface area contributed by atoms with Crippen LogP contribution in [0.5, 0.6) is 5.75 Å². The number of hydrogen-bond acceptors (Lipinski definition) is 3. The number of rotatable bonds is 1. The lowest BCUT2D eigenvalue weighted by Crippen LogP contribution is -1.88. The molecule has 2 heterocycles. The van der Waals surface area contributed by atoms with Crippen molar-refractivity contribution in [2.45, 2.75) is 6.92 Å². The third kappa shape index (κ3) is 1.01. The highest BCUT2D eigenvalue weighted by atomic mass is 16.5. The zero-order valence-corrected chi connectivity index (χ0v) is 6.98. The molecule has 2 aromatic heterocycles. The third-order valence-corrected chi connectivity index (χ3v) is 1.65. The van der Waals surface area contributed by atoms with Gasteiger partial charge in [-0.3, -0.25) is 0 Å². The average molecular weight is 163 g/mol. The van der Waals surface area contributed by atoms with Crippen molar-refractivity contribution in [2.24, 2.45) is 0 Å². The molecule has 0 fully saturated rings. The maximum Gasteiger partial charge on any atom is 0.159 e. The summed E-state index contributed by atoms with van der Waals surface area (Å²) in [7, 11) is 1.63. The normalized spacial score (nSPS) is 10.5. The highest BCUT2D eigenvalue weighted by Gasteiger charge is 1.99. The van der Waals surface area contributed by atoms with Crippen LogP contribution in [0.3, 0.4) is 0 Å². The third-order valence-electron chi connectivity index (χ3n) is 1.65. The molecule has 2 rings (SSSR count). The van der Waals surface area contributed by atoms with Gasteiger partial charge in [0.05, 0.1) is 7.11 Å². The quantitative estimate of drug-likeness (QED) is 0.630. The maximum atomic E-state index is 5.05. The van der Waals surface area contributed by atoms with Crippen LogP contribution >= 0.6 is 0 Å². The zero-order valence-electron chi connectivity index (χ0n) is 6.98. The van der Waals surface area contributed by atoms with Gasteiger partial charge < -0.3 is 4.74 Å². The predicted molar refractivity (Wildman–Crippen MR) is 44.3 cm³/mol. The van der Waals surface area contributed by atoms with Crippen LogP contribution in [0, 0.1) is 6.92 Å². The lowest BCUT2D eigenvalue weighted by Gasteiger charge is -1.97. The van der Waals surface area contributed by atoms with E-state index in [9.17, 15) is 0 Å². The van der Waals surface area contributed by atoms with Gasteiger partial charge in [-0.15, -0.1) is 0 Å². The number of aryl methyl sites for hydroxylation is 1. The van der Waals surface area contributed by atoms with Crippen LogP contribution in [-0.2, 0) is 0 Å². The SMILES string of the molecule is COc1ccn2nc(C)nc2c1. The van der Waals surface area contributed by atoms with Gasteiger partial charge in [0.2, 0.25) is 0 Å². The molecule has 0 N–H and O–H groups in total. The van der Waals surface area contributed by atoms with E-state index in [0.29, 0.717) is 0 Å². The molecule has 0 aliphatic heterocycles. The number of nitrogens with zero attached hydrogens (tertiary/aromatic N) is 3. The minimum atomic E-state index is 0.767. The molecule has 0 unspecified atom stereocenters. The van der Waals surface area contributed by atoms with Crippen molar-refractivity contribution in [1.29, 1.82) is 0 Å². The van der Waals surface area contributed by atoms with Crippen LogP contribution in [0.25, 0.3) is 5.65 Å². The smallest absolute Gasteiger partial charge is 0.159 e. The van der Waals surface area contributed by atoms with Gasteiger partial charge in [0, 0.05) is 12.3 Å². The Morgan fingerprint density at radius 1 is 1.50 bits per heavy atom. The van der Waals surface area contributed by atoms with E-state index < -0.39 is 0 Å². The van der Waals surface area contributed by atoms with Crippen LogP contribution in [0.4, 0.5) is 0 Å². The minimum Gasteiger partial charge on any atom is -0.497 e. The molecule has 12 heavy (non-hydrogen) atoms. The maximum absolute atomic E-state index is 5.05. The van der Waals surface area contributed by atoms with Gasteiger partial charge in [-0.25, -0.2) is 9.50 Å². The molecule has 0 spiro atoms. The molecule has 62 valence electrons. The van der Waals surface area contributed by atoms with Gasteiger partial charge in [0.25, 0.3) is 0 Å². The molecule has 0 saturated carbocycles. The van der Waals surface area contributed by atoms with Crippen LogP contribution in [0.15, 0.2) is 18.3 Å². The Bertz CT molecular complexity index is 408. The van der Waals surface area contributed by atoms with Gasteiger partial charge in [0.1, 0.15) is 11.6 Å². The van der Waals surface area contributed by atoms with Gasteiger partial charge >= 0.3 is 0 Å². The first-order valence-electron chi connectivity index (χ1n) is 3.66. The Morgan fingerprint density at radius 3 is 3.08 bits per heavy atom. The lowest BCUT2D eigenvalue weighted by molar-refractivity contribution is 0.414. The van der Waals surface area contributed by atoms with Crippen molar-refractivity contribution in [3.05, 3.63) is 24.2 Å². The van der Waals surface area contributed by atoms with Crippen molar-refractivity contribution in [2.75, 3.05) is 7.11 Å². The Hall–Kier alpha value is -1.58. The first kappa shape index (κ1) is 7.09. The van der Waals surface area contributed by atoms with Crippen molar-refractivity contribution in [3.8, 4) is 5.75 Å². The van der Waals surface area contributed by atoms with E-state index in [4.69, 9.17) is 4.74 Å². The summed E-state index contributed by atoms with van der Waals surface area (Å²) < 4.78 is 6.77. The zero-order chi connectivity index (χ0) is 8.55. The van der Waals surface area contributed by atoms with E-state index in [1.165, 1.54) is 0 Å². The Kier molecular flexibility index (Phi) is 1.46. The second-order valence-corrected chi connectivity index (χ2v) is 2.53. The highest BCUT2D eigenvalue weighted by molar-refractivity contribution is 5.43. The number of fused-ring (bicyclic) bond motifs is 1. The lowest BCUT2D eigenvalue weighted by atomic mass is 10.4. The summed E-state index contributed by atoms with van der Waals surface area (Å²) in [6, 6.07) is 3.70. The topological polar surface area (TPSA) is 39.4 Å². The summed E-state index contributed by atoms with van der Waals surface area (Å²) in [5.74, 6) is 1.57.